The number of aryl methyl sites for hydroxylation is 1. The number of aromatic nitrogens is 1. The van der Waals surface area contributed by atoms with Crippen molar-refractivity contribution in [2.75, 3.05) is 7.11 Å². The average Bonchev–Trinajstić information content (AvgIpc) is 2.16. The lowest BCUT2D eigenvalue weighted by Crippen LogP contribution is -2.01. The quantitative estimate of drug-likeness (QED) is 0.814. The number of aliphatic hydroxyl groups is 1. The van der Waals surface area contributed by atoms with E-state index in [1.54, 1.807) is 6.92 Å². The molecule has 1 heterocycles. The number of ether oxygens (including phenoxy) is 1. The first-order valence-corrected chi connectivity index (χ1v) is 4.03. The van der Waals surface area contributed by atoms with Gasteiger partial charge in [0.1, 0.15) is 5.75 Å². The summed E-state index contributed by atoms with van der Waals surface area (Å²) in [6.45, 7) is 1.20. The van der Waals surface area contributed by atoms with Gasteiger partial charge in [0.05, 0.1) is 30.7 Å². The lowest BCUT2D eigenvalue weighted by Gasteiger charge is -2.11. The maximum Gasteiger partial charge on any atom is 0.267 e. The van der Waals surface area contributed by atoms with Gasteiger partial charge in [0.2, 0.25) is 0 Å². The fourth-order valence-electron chi connectivity index (χ4n) is 1.26. The first-order valence-electron chi connectivity index (χ1n) is 4.03. The maximum atomic E-state index is 12.5. The van der Waals surface area contributed by atoms with E-state index in [0.29, 0.717) is 5.69 Å². The van der Waals surface area contributed by atoms with E-state index in [4.69, 9.17) is 9.84 Å². The van der Waals surface area contributed by atoms with Crippen LogP contribution in [-0.4, -0.2) is 17.2 Å². The van der Waals surface area contributed by atoms with Crippen molar-refractivity contribution in [3.63, 3.8) is 0 Å². The van der Waals surface area contributed by atoms with Crippen molar-refractivity contribution in [1.29, 1.82) is 0 Å². The van der Waals surface area contributed by atoms with E-state index in [1.807, 2.05) is 0 Å². The molecule has 0 saturated carbocycles. The summed E-state index contributed by atoms with van der Waals surface area (Å²) < 4.78 is 29.9. The van der Waals surface area contributed by atoms with Gasteiger partial charge in [0.25, 0.3) is 6.43 Å². The van der Waals surface area contributed by atoms with Gasteiger partial charge in [-0.15, -0.1) is 0 Å². The van der Waals surface area contributed by atoms with Crippen LogP contribution in [0.2, 0.25) is 0 Å². The highest BCUT2D eigenvalue weighted by Crippen LogP contribution is 2.31. The van der Waals surface area contributed by atoms with E-state index in [2.05, 4.69) is 4.98 Å². The number of hydrogen-bond acceptors (Lipinski definition) is 3. The van der Waals surface area contributed by atoms with Crippen molar-refractivity contribution in [1.82, 2.24) is 4.98 Å². The molecule has 0 fully saturated rings. The van der Waals surface area contributed by atoms with Crippen molar-refractivity contribution in [3.8, 4) is 5.75 Å². The number of methoxy groups -OCH3 is 1. The molecule has 0 aliphatic heterocycles. The Labute approximate surface area is 80.3 Å². The van der Waals surface area contributed by atoms with Crippen LogP contribution in [0.25, 0.3) is 0 Å². The molecule has 0 radical (unpaired) electrons. The number of nitrogens with zero attached hydrogens (tertiary/aromatic N) is 1. The lowest BCUT2D eigenvalue weighted by atomic mass is 10.1. The van der Waals surface area contributed by atoms with Gasteiger partial charge in [0.15, 0.2) is 0 Å². The Morgan fingerprint density at radius 3 is 2.64 bits per heavy atom. The molecule has 0 spiro atoms. The molecule has 1 rings (SSSR count). The molecule has 14 heavy (non-hydrogen) atoms. The molecule has 0 aromatic carbocycles. The fourth-order valence-corrected chi connectivity index (χ4v) is 1.26. The summed E-state index contributed by atoms with van der Waals surface area (Å²) in [4.78, 5) is 3.90. The zero-order valence-electron chi connectivity index (χ0n) is 7.92. The minimum Gasteiger partial charge on any atom is -0.494 e. The molecule has 0 unspecified atom stereocenters. The van der Waals surface area contributed by atoms with Crippen LogP contribution in [-0.2, 0) is 6.61 Å². The molecule has 0 bridgehead atoms. The predicted octanol–water partition coefficient (Wildman–Crippen LogP) is 1.83. The van der Waals surface area contributed by atoms with Crippen LogP contribution in [0.15, 0.2) is 6.07 Å². The van der Waals surface area contributed by atoms with Crippen LogP contribution >= 0.6 is 0 Å². The molecule has 0 atom stereocenters. The van der Waals surface area contributed by atoms with Crippen molar-refractivity contribution in [3.05, 3.63) is 23.0 Å². The van der Waals surface area contributed by atoms with Crippen molar-refractivity contribution in [2.24, 2.45) is 0 Å². The highest BCUT2D eigenvalue weighted by Gasteiger charge is 2.17. The monoisotopic (exact) mass is 203 g/mol. The third-order valence-corrected chi connectivity index (χ3v) is 1.83. The Balaban J connectivity index is 3.28. The first kappa shape index (κ1) is 10.8. The number of alkyl halides is 2. The second-order valence-corrected chi connectivity index (χ2v) is 2.78. The molecule has 0 aliphatic carbocycles. The molecule has 0 amide bonds. The van der Waals surface area contributed by atoms with Crippen LogP contribution < -0.4 is 4.74 Å². The summed E-state index contributed by atoms with van der Waals surface area (Å²) in [6, 6.07) is 1.15. The fraction of sp³-hybridized carbons (Fsp3) is 0.444. The Bertz CT molecular complexity index is 329. The Kier molecular flexibility index (Phi) is 3.35. The zero-order chi connectivity index (χ0) is 10.7. The molecule has 0 saturated heterocycles. The Hall–Kier alpha value is -1.23. The molecule has 1 N–H and O–H groups in total. The van der Waals surface area contributed by atoms with Gasteiger partial charge in [-0.25, -0.2) is 8.78 Å². The van der Waals surface area contributed by atoms with Gasteiger partial charge in [-0.2, -0.15) is 0 Å². The molecule has 78 valence electrons. The van der Waals surface area contributed by atoms with E-state index < -0.39 is 6.43 Å². The normalized spacial score (nSPS) is 10.7. The summed E-state index contributed by atoms with van der Waals surface area (Å²) >= 11 is 0. The molecule has 3 nitrogen and oxygen atoms in total. The Morgan fingerprint density at radius 2 is 2.21 bits per heavy atom. The maximum absolute atomic E-state index is 12.5. The number of halogens is 2. The minimum atomic E-state index is -2.63. The second-order valence-electron chi connectivity index (χ2n) is 2.78. The standard InChI is InChI=1S/C9H11F2NO2/c1-5-8(14-2)7(9(10)11)3-6(4-13)12-5/h3,9,13H,4H2,1-2H3. The van der Waals surface area contributed by atoms with Crippen molar-refractivity contribution in [2.45, 2.75) is 20.0 Å². The summed E-state index contributed by atoms with van der Waals surface area (Å²) in [5, 5.41) is 8.78. The SMILES string of the molecule is COc1c(C(F)F)cc(CO)nc1C. The molecular weight excluding hydrogens is 192 g/mol. The molecule has 5 heteroatoms. The average molecular weight is 203 g/mol. The largest absolute Gasteiger partial charge is 0.494 e. The third kappa shape index (κ3) is 1.98. The number of rotatable bonds is 3. The van der Waals surface area contributed by atoms with E-state index in [9.17, 15) is 8.78 Å². The van der Waals surface area contributed by atoms with E-state index in [-0.39, 0.29) is 23.6 Å². The van der Waals surface area contributed by atoms with Crippen LogP contribution in [0.3, 0.4) is 0 Å². The predicted molar refractivity (Wildman–Crippen MR) is 46.4 cm³/mol. The number of hydrogen-bond donors (Lipinski definition) is 1. The molecule has 0 aliphatic rings. The topological polar surface area (TPSA) is 42.4 Å². The van der Waals surface area contributed by atoms with Crippen LogP contribution in [0, 0.1) is 6.92 Å². The van der Waals surface area contributed by atoms with Crippen LogP contribution in [0.1, 0.15) is 23.4 Å². The van der Waals surface area contributed by atoms with Gasteiger partial charge >= 0.3 is 0 Å². The van der Waals surface area contributed by atoms with Gasteiger partial charge < -0.3 is 9.84 Å². The summed E-state index contributed by atoms with van der Waals surface area (Å²) in [5.41, 5.74) is 0.344. The summed E-state index contributed by atoms with van der Waals surface area (Å²) in [6.07, 6.45) is -2.63. The lowest BCUT2D eigenvalue weighted by molar-refractivity contribution is 0.146. The second kappa shape index (κ2) is 4.32. The summed E-state index contributed by atoms with van der Waals surface area (Å²) in [7, 11) is 1.31. The molecular formula is C9H11F2NO2. The highest BCUT2D eigenvalue weighted by molar-refractivity contribution is 5.39. The van der Waals surface area contributed by atoms with Gasteiger partial charge in [-0.1, -0.05) is 0 Å². The van der Waals surface area contributed by atoms with E-state index in [0.717, 1.165) is 6.07 Å². The minimum absolute atomic E-state index is 0.0807. The van der Waals surface area contributed by atoms with Gasteiger partial charge in [0, 0.05) is 0 Å². The van der Waals surface area contributed by atoms with E-state index in [1.165, 1.54) is 7.11 Å². The smallest absolute Gasteiger partial charge is 0.267 e. The molecule has 1 aromatic rings. The molecule has 1 aromatic heterocycles. The highest BCUT2D eigenvalue weighted by atomic mass is 19.3. The van der Waals surface area contributed by atoms with Crippen molar-refractivity contribution < 1.29 is 18.6 Å². The number of pyridine rings is 1. The first-order chi connectivity index (χ1) is 6.60. The third-order valence-electron chi connectivity index (χ3n) is 1.83. The zero-order valence-corrected chi connectivity index (χ0v) is 7.92. The van der Waals surface area contributed by atoms with E-state index >= 15 is 0 Å². The summed E-state index contributed by atoms with van der Waals surface area (Å²) in [5.74, 6) is 0.0807. The van der Waals surface area contributed by atoms with Crippen molar-refractivity contribution >= 4 is 0 Å². The van der Waals surface area contributed by atoms with Gasteiger partial charge in [-0.3, -0.25) is 4.98 Å². The van der Waals surface area contributed by atoms with Gasteiger partial charge in [-0.05, 0) is 13.0 Å². The Morgan fingerprint density at radius 1 is 1.57 bits per heavy atom. The van der Waals surface area contributed by atoms with Crippen LogP contribution in [0.4, 0.5) is 8.78 Å². The number of aliphatic hydroxyl groups excluding tert-OH is 1. The van der Waals surface area contributed by atoms with Crippen LogP contribution in [0.5, 0.6) is 5.75 Å².